The van der Waals surface area contributed by atoms with E-state index in [0.717, 1.165) is 12.6 Å². The molecule has 0 amide bonds. The van der Waals surface area contributed by atoms with Gasteiger partial charge >= 0.3 is 0 Å². The number of hydrogen-bond donors (Lipinski definition) is 0. The van der Waals surface area contributed by atoms with Crippen LogP contribution in [0.15, 0.2) is 0 Å². The van der Waals surface area contributed by atoms with Crippen LogP contribution in [0.4, 0.5) is 0 Å². The van der Waals surface area contributed by atoms with Crippen molar-refractivity contribution >= 4 is 6.71 Å². The lowest BCUT2D eigenvalue weighted by molar-refractivity contribution is 0.349. The molecule has 1 saturated carbocycles. The Hall–Kier alpha value is 0.0649. The molecule has 0 aromatic rings. The van der Waals surface area contributed by atoms with Crippen molar-refractivity contribution in [3.05, 3.63) is 0 Å². The van der Waals surface area contributed by atoms with Crippen LogP contribution in [0.2, 0.25) is 20.0 Å². The van der Waals surface area contributed by atoms with E-state index >= 15 is 0 Å². The molecule has 0 aromatic heterocycles. The summed E-state index contributed by atoms with van der Waals surface area (Å²) in [6.07, 6.45) is 10.5. The molecule has 0 radical (unpaired) electrons. The van der Waals surface area contributed by atoms with Gasteiger partial charge in [0, 0.05) is 0 Å². The maximum absolute atomic E-state index is 2.34. The topological polar surface area (TPSA) is 0 Å². The number of rotatable bonds is 3. The van der Waals surface area contributed by atoms with Crippen molar-refractivity contribution in [2.45, 2.75) is 58.5 Å². The van der Waals surface area contributed by atoms with Gasteiger partial charge in [-0.1, -0.05) is 58.5 Å². The lowest BCUT2D eigenvalue weighted by atomic mass is 9.50. The van der Waals surface area contributed by atoms with Gasteiger partial charge in [0.05, 0.1) is 0 Å². The minimum Gasteiger partial charge on any atom is -0.0863 e. The monoisotopic (exact) mass is 152 g/mol. The summed E-state index contributed by atoms with van der Waals surface area (Å²) in [5.74, 6) is 1.09. The second kappa shape index (κ2) is 4.85. The van der Waals surface area contributed by atoms with Crippen LogP contribution in [0.25, 0.3) is 0 Å². The average Bonchev–Trinajstić information content (AvgIpc) is 2.03. The zero-order chi connectivity index (χ0) is 8.10. The molecule has 0 saturated heterocycles. The van der Waals surface area contributed by atoms with Crippen molar-refractivity contribution in [3.8, 4) is 0 Å². The third kappa shape index (κ3) is 3.84. The first kappa shape index (κ1) is 9.16. The van der Waals surface area contributed by atoms with Crippen molar-refractivity contribution in [2.75, 3.05) is 0 Å². The molecule has 0 nitrogen and oxygen atoms in total. The second-order valence-corrected chi connectivity index (χ2v) is 4.48. The summed E-state index contributed by atoms with van der Waals surface area (Å²) in [4.78, 5) is 0. The first-order chi connectivity index (χ1) is 5.29. The molecule has 0 unspecified atom stereocenters. The maximum atomic E-state index is 2.34. The molecule has 11 heavy (non-hydrogen) atoms. The predicted molar refractivity (Wildman–Crippen MR) is 53.5 cm³/mol. The molecule has 64 valence electrons. The van der Waals surface area contributed by atoms with Gasteiger partial charge in [0.2, 0.25) is 0 Å². The molecular weight excluding hydrogens is 131 g/mol. The Morgan fingerprint density at radius 1 is 1.09 bits per heavy atom. The number of hydrogen-bond acceptors (Lipinski definition) is 0. The Kier molecular flexibility index (Phi) is 4.03. The minimum absolute atomic E-state index is 0.914. The summed E-state index contributed by atoms with van der Waals surface area (Å²) in [5, 5.41) is 0. The summed E-state index contributed by atoms with van der Waals surface area (Å²) < 4.78 is 0. The van der Waals surface area contributed by atoms with E-state index in [2.05, 4.69) is 13.6 Å². The van der Waals surface area contributed by atoms with Crippen LogP contribution in [0.5, 0.6) is 0 Å². The third-order valence-corrected chi connectivity index (χ3v) is 2.88. The van der Waals surface area contributed by atoms with E-state index in [4.69, 9.17) is 0 Å². The Labute approximate surface area is 71.8 Å². The van der Waals surface area contributed by atoms with Crippen LogP contribution >= 0.6 is 0 Å². The normalized spacial score (nSPS) is 20.2. The Balaban J connectivity index is 2.05. The standard InChI is InChI=1S/C10H21B/c1-11(2)9-8-10-6-4-3-5-7-10/h10H,3-9H2,1-2H3. The lowest BCUT2D eigenvalue weighted by Gasteiger charge is -2.21. The van der Waals surface area contributed by atoms with Crippen LogP contribution in [0.1, 0.15) is 38.5 Å². The van der Waals surface area contributed by atoms with Crippen LogP contribution in [-0.2, 0) is 0 Å². The van der Waals surface area contributed by atoms with Gasteiger partial charge in [-0.15, -0.1) is 0 Å². The fourth-order valence-electron chi connectivity index (χ4n) is 2.04. The zero-order valence-electron chi connectivity index (χ0n) is 8.10. The van der Waals surface area contributed by atoms with E-state index < -0.39 is 0 Å². The van der Waals surface area contributed by atoms with E-state index in [9.17, 15) is 0 Å². The van der Waals surface area contributed by atoms with Crippen LogP contribution in [0, 0.1) is 5.92 Å². The van der Waals surface area contributed by atoms with Gasteiger partial charge in [-0.05, 0) is 5.92 Å². The second-order valence-electron chi connectivity index (χ2n) is 4.48. The summed E-state index contributed by atoms with van der Waals surface area (Å²) >= 11 is 0. The van der Waals surface area contributed by atoms with Crippen LogP contribution in [-0.4, -0.2) is 6.71 Å². The highest BCUT2D eigenvalue weighted by molar-refractivity contribution is 6.55. The molecule has 0 atom stereocenters. The molecule has 0 bridgehead atoms. The summed E-state index contributed by atoms with van der Waals surface area (Å²) in [7, 11) is 0. The van der Waals surface area contributed by atoms with Gasteiger partial charge in [-0.2, -0.15) is 0 Å². The van der Waals surface area contributed by atoms with Crippen molar-refractivity contribution in [1.29, 1.82) is 0 Å². The SMILES string of the molecule is CB(C)CCC1CCCCC1. The van der Waals surface area contributed by atoms with E-state index in [-0.39, 0.29) is 0 Å². The average molecular weight is 152 g/mol. The molecule has 1 aliphatic carbocycles. The van der Waals surface area contributed by atoms with Gasteiger partial charge in [0.25, 0.3) is 0 Å². The summed E-state index contributed by atoms with van der Waals surface area (Å²) in [6.45, 7) is 5.59. The van der Waals surface area contributed by atoms with E-state index in [0.29, 0.717) is 0 Å². The summed E-state index contributed by atoms with van der Waals surface area (Å²) in [5.41, 5.74) is 0. The van der Waals surface area contributed by atoms with E-state index in [1.54, 1.807) is 0 Å². The van der Waals surface area contributed by atoms with Gasteiger partial charge in [-0.3, -0.25) is 0 Å². The maximum Gasteiger partial charge on any atom is 0.133 e. The molecular formula is C10H21B. The van der Waals surface area contributed by atoms with Gasteiger partial charge in [0.15, 0.2) is 0 Å². The Morgan fingerprint density at radius 2 is 1.73 bits per heavy atom. The largest absolute Gasteiger partial charge is 0.133 e. The highest BCUT2D eigenvalue weighted by Gasteiger charge is 2.13. The molecule has 1 fully saturated rings. The third-order valence-electron chi connectivity index (χ3n) is 2.88. The minimum atomic E-state index is 0.914. The first-order valence-electron chi connectivity index (χ1n) is 5.29. The van der Waals surface area contributed by atoms with Crippen LogP contribution in [0.3, 0.4) is 0 Å². The van der Waals surface area contributed by atoms with Crippen LogP contribution < -0.4 is 0 Å². The van der Waals surface area contributed by atoms with Crippen molar-refractivity contribution in [1.82, 2.24) is 0 Å². The molecule has 1 rings (SSSR count). The molecule has 0 N–H and O–H groups in total. The van der Waals surface area contributed by atoms with Gasteiger partial charge in [-0.25, -0.2) is 0 Å². The molecule has 0 spiro atoms. The van der Waals surface area contributed by atoms with E-state index in [1.165, 1.54) is 44.8 Å². The summed E-state index contributed by atoms with van der Waals surface area (Å²) in [6, 6.07) is 0. The molecule has 0 aromatic carbocycles. The fourth-order valence-corrected chi connectivity index (χ4v) is 2.04. The van der Waals surface area contributed by atoms with Crippen molar-refractivity contribution in [3.63, 3.8) is 0 Å². The Bertz CT molecular complexity index is 93.0. The highest BCUT2D eigenvalue weighted by Crippen LogP contribution is 2.27. The van der Waals surface area contributed by atoms with Crippen molar-refractivity contribution < 1.29 is 0 Å². The predicted octanol–water partition coefficient (Wildman–Crippen LogP) is 3.71. The first-order valence-corrected chi connectivity index (χ1v) is 5.29. The zero-order valence-corrected chi connectivity index (χ0v) is 8.10. The molecule has 0 heterocycles. The molecule has 0 aliphatic heterocycles. The van der Waals surface area contributed by atoms with Gasteiger partial charge < -0.3 is 0 Å². The molecule has 1 heteroatoms. The van der Waals surface area contributed by atoms with Gasteiger partial charge in [0.1, 0.15) is 6.71 Å². The van der Waals surface area contributed by atoms with E-state index in [1.807, 2.05) is 0 Å². The van der Waals surface area contributed by atoms with Crippen molar-refractivity contribution in [2.24, 2.45) is 5.92 Å². The molecule has 1 aliphatic rings. The highest BCUT2D eigenvalue weighted by atomic mass is 14.2. The quantitative estimate of drug-likeness (QED) is 0.540. The lowest BCUT2D eigenvalue weighted by Crippen LogP contribution is -2.09. The Morgan fingerprint density at radius 3 is 2.27 bits per heavy atom. The fraction of sp³-hybridized carbons (Fsp3) is 1.00. The smallest absolute Gasteiger partial charge is 0.0863 e.